The third kappa shape index (κ3) is 3.44. The number of sulfonamides is 1. The molecule has 1 aromatic carbocycles. The summed E-state index contributed by atoms with van der Waals surface area (Å²) in [5, 5.41) is 2.69. The summed E-state index contributed by atoms with van der Waals surface area (Å²) in [6.07, 6.45) is 0.720. The van der Waals surface area contributed by atoms with Gasteiger partial charge in [-0.25, -0.2) is 13.1 Å². The molecule has 0 fully saturated rings. The van der Waals surface area contributed by atoms with Crippen LogP contribution in [0.15, 0.2) is 23.1 Å². The molecule has 1 amide bonds. The smallest absolute Gasteiger partial charge is 0.251 e. The largest absolute Gasteiger partial charge is 0.352 e. The Morgan fingerprint density at radius 3 is 2.79 bits per heavy atom. The van der Waals surface area contributed by atoms with Crippen LogP contribution in [0.2, 0.25) is 0 Å². The highest BCUT2D eigenvalue weighted by molar-refractivity contribution is 7.89. The van der Waals surface area contributed by atoms with Gasteiger partial charge in [-0.2, -0.15) is 0 Å². The molecular formula is C11H16ClN3O3S. The summed E-state index contributed by atoms with van der Waals surface area (Å²) in [5.74, 6) is -0.230. The quantitative estimate of drug-likeness (QED) is 0.706. The van der Waals surface area contributed by atoms with E-state index in [0.717, 1.165) is 12.0 Å². The topological polar surface area (TPSA) is 101 Å². The van der Waals surface area contributed by atoms with Gasteiger partial charge in [-0.1, -0.05) is 6.07 Å². The molecule has 0 unspecified atom stereocenters. The fraction of sp³-hybridized carbons (Fsp3) is 0.364. The number of rotatable bonds is 4. The van der Waals surface area contributed by atoms with Gasteiger partial charge in [0.15, 0.2) is 0 Å². The third-order valence-electron chi connectivity index (χ3n) is 2.75. The average Bonchev–Trinajstić information content (AvgIpc) is 2.36. The summed E-state index contributed by atoms with van der Waals surface area (Å²) in [5.41, 5.74) is 6.56. The van der Waals surface area contributed by atoms with Gasteiger partial charge in [-0.05, 0) is 24.1 Å². The zero-order chi connectivity index (χ0) is 13.2. The van der Waals surface area contributed by atoms with Crippen molar-refractivity contribution in [2.24, 2.45) is 5.73 Å². The van der Waals surface area contributed by atoms with E-state index in [1.807, 2.05) is 0 Å². The minimum absolute atomic E-state index is 0. The summed E-state index contributed by atoms with van der Waals surface area (Å²) in [7, 11) is -3.59. The number of carbonyl (C=O) groups is 1. The van der Waals surface area contributed by atoms with E-state index in [1.165, 1.54) is 12.1 Å². The van der Waals surface area contributed by atoms with Crippen LogP contribution in [-0.2, 0) is 16.4 Å². The van der Waals surface area contributed by atoms with E-state index in [9.17, 15) is 13.2 Å². The second-order valence-corrected chi connectivity index (χ2v) is 5.78. The van der Waals surface area contributed by atoms with Crippen molar-refractivity contribution in [1.82, 2.24) is 10.0 Å². The van der Waals surface area contributed by atoms with E-state index in [-0.39, 0.29) is 36.3 Å². The van der Waals surface area contributed by atoms with Crippen molar-refractivity contribution in [2.75, 3.05) is 19.6 Å². The van der Waals surface area contributed by atoms with E-state index in [4.69, 9.17) is 5.73 Å². The highest BCUT2D eigenvalue weighted by atomic mass is 35.5. The van der Waals surface area contributed by atoms with Crippen molar-refractivity contribution in [3.63, 3.8) is 0 Å². The standard InChI is InChI=1S/C11H15N3O3S.ClH/c12-4-6-14-18(16,17)9-2-1-8-3-5-13-11(15)10(8)7-9;/h1-2,7,14H,3-6,12H2,(H,13,15);1H. The lowest BCUT2D eigenvalue weighted by atomic mass is 10.0. The highest BCUT2D eigenvalue weighted by Gasteiger charge is 2.20. The lowest BCUT2D eigenvalue weighted by Gasteiger charge is -2.17. The Morgan fingerprint density at radius 2 is 2.11 bits per heavy atom. The molecule has 0 bridgehead atoms. The number of hydrogen-bond acceptors (Lipinski definition) is 4. The Balaban J connectivity index is 0.00000180. The Kier molecular flexibility index (Phi) is 5.30. The van der Waals surface area contributed by atoms with Gasteiger partial charge in [-0.15, -0.1) is 12.4 Å². The van der Waals surface area contributed by atoms with Gasteiger partial charge in [0, 0.05) is 25.2 Å². The molecule has 0 spiro atoms. The van der Waals surface area contributed by atoms with E-state index >= 15 is 0 Å². The first-order chi connectivity index (χ1) is 8.54. The molecule has 0 aromatic heterocycles. The SMILES string of the molecule is Cl.NCCNS(=O)(=O)c1ccc2c(c1)C(=O)NCC2. The van der Waals surface area contributed by atoms with E-state index in [0.29, 0.717) is 12.1 Å². The molecule has 1 aliphatic heterocycles. The van der Waals surface area contributed by atoms with Crippen molar-refractivity contribution in [2.45, 2.75) is 11.3 Å². The zero-order valence-electron chi connectivity index (χ0n) is 10.2. The predicted molar refractivity (Wildman–Crippen MR) is 74.0 cm³/mol. The average molecular weight is 306 g/mol. The molecule has 0 aliphatic carbocycles. The molecule has 19 heavy (non-hydrogen) atoms. The fourth-order valence-corrected chi connectivity index (χ4v) is 2.91. The summed E-state index contributed by atoms with van der Waals surface area (Å²) in [6, 6.07) is 4.60. The van der Waals surface area contributed by atoms with Gasteiger partial charge < -0.3 is 11.1 Å². The molecule has 1 heterocycles. The molecule has 1 aromatic rings. The normalized spacial score (nSPS) is 14.3. The number of carbonyl (C=O) groups excluding carboxylic acids is 1. The van der Waals surface area contributed by atoms with Gasteiger partial charge in [-0.3, -0.25) is 4.79 Å². The molecular weight excluding hydrogens is 290 g/mol. The van der Waals surface area contributed by atoms with Crippen LogP contribution in [0, 0.1) is 0 Å². The Labute approximate surface area is 118 Å². The van der Waals surface area contributed by atoms with Gasteiger partial charge in [0.2, 0.25) is 10.0 Å². The third-order valence-corrected chi connectivity index (χ3v) is 4.21. The summed E-state index contributed by atoms with van der Waals surface area (Å²) < 4.78 is 26.1. The molecule has 0 atom stereocenters. The molecule has 0 saturated carbocycles. The minimum atomic E-state index is -3.59. The van der Waals surface area contributed by atoms with Crippen molar-refractivity contribution < 1.29 is 13.2 Å². The predicted octanol–water partition coefficient (Wildman–Crippen LogP) is -0.369. The molecule has 6 nitrogen and oxygen atoms in total. The summed E-state index contributed by atoms with van der Waals surface area (Å²) >= 11 is 0. The Morgan fingerprint density at radius 1 is 1.37 bits per heavy atom. The fourth-order valence-electron chi connectivity index (χ4n) is 1.83. The van der Waals surface area contributed by atoms with Crippen molar-refractivity contribution in [3.05, 3.63) is 29.3 Å². The van der Waals surface area contributed by atoms with E-state index < -0.39 is 10.0 Å². The highest BCUT2D eigenvalue weighted by Crippen LogP contribution is 2.18. The van der Waals surface area contributed by atoms with Gasteiger partial charge >= 0.3 is 0 Å². The van der Waals surface area contributed by atoms with Gasteiger partial charge in [0.25, 0.3) is 5.91 Å². The molecule has 106 valence electrons. The van der Waals surface area contributed by atoms with Gasteiger partial charge in [0.05, 0.1) is 4.90 Å². The van der Waals surface area contributed by atoms with Crippen LogP contribution in [0.5, 0.6) is 0 Å². The molecule has 2 rings (SSSR count). The molecule has 4 N–H and O–H groups in total. The zero-order valence-corrected chi connectivity index (χ0v) is 11.8. The first-order valence-corrected chi connectivity index (χ1v) is 7.14. The maximum atomic E-state index is 11.9. The lowest BCUT2D eigenvalue weighted by molar-refractivity contribution is 0.0946. The number of benzene rings is 1. The van der Waals surface area contributed by atoms with E-state index in [1.54, 1.807) is 6.07 Å². The van der Waals surface area contributed by atoms with Crippen molar-refractivity contribution >= 4 is 28.3 Å². The summed E-state index contributed by atoms with van der Waals surface area (Å²) in [4.78, 5) is 11.7. The maximum Gasteiger partial charge on any atom is 0.251 e. The number of nitrogens with two attached hydrogens (primary N) is 1. The van der Waals surface area contributed by atoms with E-state index in [2.05, 4.69) is 10.0 Å². The first kappa shape index (κ1) is 15.9. The van der Waals surface area contributed by atoms with Gasteiger partial charge in [0.1, 0.15) is 0 Å². The van der Waals surface area contributed by atoms with Crippen LogP contribution in [0.3, 0.4) is 0 Å². The molecule has 8 heteroatoms. The molecule has 1 aliphatic rings. The van der Waals surface area contributed by atoms with Crippen molar-refractivity contribution in [1.29, 1.82) is 0 Å². The van der Waals surface area contributed by atoms with Crippen LogP contribution >= 0.6 is 12.4 Å². The number of nitrogens with one attached hydrogen (secondary N) is 2. The number of hydrogen-bond donors (Lipinski definition) is 3. The lowest BCUT2D eigenvalue weighted by Crippen LogP contribution is -2.33. The monoisotopic (exact) mass is 305 g/mol. The number of halogens is 1. The second kappa shape index (κ2) is 6.33. The van der Waals surface area contributed by atoms with Crippen LogP contribution in [0.4, 0.5) is 0 Å². The van der Waals surface area contributed by atoms with Crippen molar-refractivity contribution in [3.8, 4) is 0 Å². The van der Waals surface area contributed by atoms with Crippen LogP contribution < -0.4 is 15.8 Å². The minimum Gasteiger partial charge on any atom is -0.352 e. The van der Waals surface area contributed by atoms with Crippen LogP contribution in [0.25, 0.3) is 0 Å². The van der Waals surface area contributed by atoms with Crippen LogP contribution in [0.1, 0.15) is 15.9 Å². The maximum absolute atomic E-state index is 11.9. The molecule has 0 saturated heterocycles. The summed E-state index contributed by atoms with van der Waals surface area (Å²) in [6.45, 7) is 0.986. The second-order valence-electron chi connectivity index (χ2n) is 4.01. The number of amides is 1. The molecule has 0 radical (unpaired) electrons. The Bertz CT molecular complexity index is 575. The first-order valence-electron chi connectivity index (χ1n) is 5.65. The Hall–Kier alpha value is -1.15. The van der Waals surface area contributed by atoms with Crippen LogP contribution in [-0.4, -0.2) is 34.0 Å². The number of fused-ring (bicyclic) bond motifs is 1.